The van der Waals surface area contributed by atoms with Crippen LogP contribution in [0.5, 0.6) is 5.75 Å². The highest BCUT2D eigenvalue weighted by Gasteiger charge is 2.54. The summed E-state index contributed by atoms with van der Waals surface area (Å²) in [5.74, 6) is 0.697. The van der Waals surface area contributed by atoms with Gasteiger partial charge in [-0.1, -0.05) is 112 Å². The van der Waals surface area contributed by atoms with Crippen molar-refractivity contribution in [3.63, 3.8) is 0 Å². The van der Waals surface area contributed by atoms with E-state index in [2.05, 4.69) is 93.6 Å². The number of likely N-dealkylation sites (N-methyl/N-ethyl adjacent to an activating group) is 1. The van der Waals surface area contributed by atoms with Gasteiger partial charge >= 0.3 is 0 Å². The maximum Gasteiger partial charge on any atom is 0.262 e. The predicted octanol–water partition coefficient (Wildman–Crippen LogP) is 6.14. The van der Waals surface area contributed by atoms with Crippen LogP contribution in [0.3, 0.4) is 0 Å². The van der Waals surface area contributed by atoms with E-state index in [1.54, 1.807) is 7.11 Å². The number of amides is 1. The van der Waals surface area contributed by atoms with E-state index in [1.807, 2.05) is 48.3 Å². The second kappa shape index (κ2) is 10.2. The van der Waals surface area contributed by atoms with E-state index < -0.39 is 14.4 Å². The normalized spacial score (nSPS) is 17.7. The monoisotopic (exact) mass is 521 g/mol. The summed E-state index contributed by atoms with van der Waals surface area (Å²) >= 11 is 0. The first-order chi connectivity index (χ1) is 18.3. The van der Waals surface area contributed by atoms with Gasteiger partial charge in [-0.3, -0.25) is 4.79 Å². The van der Waals surface area contributed by atoms with Crippen LogP contribution >= 0.6 is 0 Å². The zero-order chi connectivity index (χ0) is 26.9. The number of benzene rings is 4. The Kier molecular flexibility index (Phi) is 6.99. The molecule has 0 aliphatic carbocycles. The van der Waals surface area contributed by atoms with Crippen LogP contribution in [0.15, 0.2) is 109 Å². The number of nitrogens with zero attached hydrogens (tertiary/aromatic N) is 1. The Labute approximate surface area is 227 Å². The first-order valence-corrected chi connectivity index (χ1v) is 15.0. The summed E-state index contributed by atoms with van der Waals surface area (Å²) in [6, 6.07) is 36.9. The standard InChI is InChI=1S/C33H35NO3Si/c1-33(2,3)38(26-17-11-7-12-18-26,27-19-13-8-14-20-27)37-31-29-23-25(36-5)21-22-28(29)32(35)34(4)30(31)24-15-9-6-10-16-24/h6-23,30-31H,1-5H3/t30-,31+/m0/s1. The molecule has 0 spiro atoms. The summed E-state index contributed by atoms with van der Waals surface area (Å²) in [7, 11) is 0.604. The molecule has 2 atom stereocenters. The lowest BCUT2D eigenvalue weighted by molar-refractivity contribution is 0.0396. The molecule has 0 saturated carbocycles. The first-order valence-electron chi connectivity index (χ1n) is 13.1. The van der Waals surface area contributed by atoms with Crippen LogP contribution in [0, 0.1) is 0 Å². The number of ether oxygens (including phenoxy) is 1. The molecule has 5 heteroatoms. The lowest BCUT2D eigenvalue weighted by Gasteiger charge is -2.49. The highest BCUT2D eigenvalue weighted by molar-refractivity contribution is 6.99. The van der Waals surface area contributed by atoms with Gasteiger partial charge in [-0.05, 0) is 44.7 Å². The largest absolute Gasteiger partial charge is 0.497 e. The molecule has 0 aromatic heterocycles. The Balaban J connectivity index is 1.81. The van der Waals surface area contributed by atoms with Crippen molar-refractivity contribution in [1.82, 2.24) is 4.90 Å². The molecule has 0 saturated heterocycles. The average Bonchev–Trinajstić information content (AvgIpc) is 2.94. The molecule has 1 heterocycles. The van der Waals surface area contributed by atoms with Gasteiger partial charge in [-0.15, -0.1) is 0 Å². The Hall–Kier alpha value is -3.67. The van der Waals surface area contributed by atoms with E-state index in [0.717, 1.165) is 11.1 Å². The van der Waals surface area contributed by atoms with Gasteiger partial charge < -0.3 is 14.1 Å². The average molecular weight is 522 g/mol. The minimum Gasteiger partial charge on any atom is -0.497 e. The summed E-state index contributed by atoms with van der Waals surface area (Å²) < 4.78 is 13.3. The number of rotatable bonds is 6. The van der Waals surface area contributed by atoms with Crippen molar-refractivity contribution in [2.45, 2.75) is 38.0 Å². The topological polar surface area (TPSA) is 38.8 Å². The van der Waals surface area contributed by atoms with E-state index in [4.69, 9.17) is 9.16 Å². The molecule has 0 N–H and O–H groups in total. The number of methoxy groups -OCH3 is 1. The van der Waals surface area contributed by atoms with Gasteiger partial charge in [0.15, 0.2) is 0 Å². The second-order valence-corrected chi connectivity index (χ2v) is 15.2. The van der Waals surface area contributed by atoms with Crippen LogP contribution in [0.2, 0.25) is 5.04 Å². The maximum atomic E-state index is 13.7. The van der Waals surface area contributed by atoms with Crippen LogP contribution in [0.25, 0.3) is 0 Å². The van der Waals surface area contributed by atoms with E-state index in [1.165, 1.54) is 10.4 Å². The van der Waals surface area contributed by atoms with Gasteiger partial charge in [-0.25, -0.2) is 0 Å². The number of carbonyl (C=O) groups excluding carboxylic acids is 1. The van der Waals surface area contributed by atoms with Crippen molar-refractivity contribution >= 4 is 24.6 Å². The summed E-state index contributed by atoms with van der Waals surface area (Å²) in [5.41, 5.74) is 2.57. The first kappa shape index (κ1) is 26.0. The quantitative estimate of drug-likeness (QED) is 0.286. The van der Waals surface area contributed by atoms with Crippen molar-refractivity contribution in [2.24, 2.45) is 0 Å². The minimum absolute atomic E-state index is 0.0150. The fourth-order valence-corrected chi connectivity index (χ4v) is 10.5. The minimum atomic E-state index is -2.94. The number of hydrogen-bond acceptors (Lipinski definition) is 3. The highest BCUT2D eigenvalue weighted by atomic mass is 28.4. The Morgan fingerprint density at radius 1 is 0.763 bits per heavy atom. The molecule has 0 bridgehead atoms. The molecule has 4 aromatic carbocycles. The fraction of sp³-hybridized carbons (Fsp3) is 0.242. The Morgan fingerprint density at radius 3 is 1.79 bits per heavy atom. The highest BCUT2D eigenvalue weighted by Crippen LogP contribution is 2.48. The number of fused-ring (bicyclic) bond motifs is 1. The third kappa shape index (κ3) is 4.36. The Morgan fingerprint density at radius 2 is 1.29 bits per heavy atom. The van der Waals surface area contributed by atoms with Crippen molar-refractivity contribution in [3.05, 3.63) is 126 Å². The van der Waals surface area contributed by atoms with Gasteiger partial charge in [-0.2, -0.15) is 0 Å². The number of hydrogen-bond donors (Lipinski definition) is 0. The van der Waals surface area contributed by atoms with Gasteiger partial charge in [0.1, 0.15) is 5.75 Å². The summed E-state index contributed by atoms with van der Waals surface area (Å²) in [4.78, 5) is 15.5. The zero-order valence-corrected chi connectivity index (χ0v) is 23.7. The molecule has 0 radical (unpaired) electrons. The van der Waals surface area contributed by atoms with Crippen LogP contribution in [0.4, 0.5) is 0 Å². The van der Waals surface area contributed by atoms with Crippen LogP contribution in [0.1, 0.15) is 54.4 Å². The van der Waals surface area contributed by atoms with E-state index in [0.29, 0.717) is 11.3 Å². The molecule has 38 heavy (non-hydrogen) atoms. The molecule has 4 aromatic rings. The van der Waals surface area contributed by atoms with Crippen molar-refractivity contribution in [3.8, 4) is 5.75 Å². The van der Waals surface area contributed by atoms with Crippen molar-refractivity contribution in [2.75, 3.05) is 14.2 Å². The predicted molar refractivity (Wildman–Crippen MR) is 156 cm³/mol. The van der Waals surface area contributed by atoms with Gasteiger partial charge in [0, 0.05) is 12.6 Å². The molecule has 194 valence electrons. The van der Waals surface area contributed by atoms with Crippen LogP contribution in [-0.2, 0) is 4.43 Å². The second-order valence-electron chi connectivity index (χ2n) is 10.9. The van der Waals surface area contributed by atoms with Crippen LogP contribution in [-0.4, -0.2) is 33.3 Å². The zero-order valence-electron chi connectivity index (χ0n) is 22.7. The van der Waals surface area contributed by atoms with Gasteiger partial charge in [0.05, 0.1) is 19.3 Å². The summed E-state index contributed by atoms with van der Waals surface area (Å²) in [6.07, 6.45) is -0.406. The Bertz CT molecular complexity index is 1360. The lowest BCUT2D eigenvalue weighted by Crippen LogP contribution is -2.67. The molecular weight excluding hydrogens is 486 g/mol. The molecule has 1 amide bonds. The van der Waals surface area contributed by atoms with Crippen molar-refractivity contribution < 1.29 is 14.0 Å². The fourth-order valence-electron chi connectivity index (χ4n) is 5.85. The third-order valence-corrected chi connectivity index (χ3v) is 12.7. The molecule has 4 nitrogen and oxygen atoms in total. The molecule has 5 rings (SSSR count). The third-order valence-electron chi connectivity index (χ3n) is 7.68. The summed E-state index contributed by atoms with van der Waals surface area (Å²) in [5, 5.41) is 2.19. The van der Waals surface area contributed by atoms with Gasteiger partial charge in [0.25, 0.3) is 14.2 Å². The van der Waals surface area contributed by atoms with Crippen LogP contribution < -0.4 is 15.1 Å². The van der Waals surface area contributed by atoms with E-state index >= 15 is 0 Å². The maximum absolute atomic E-state index is 13.7. The number of carbonyl (C=O) groups is 1. The summed E-state index contributed by atoms with van der Waals surface area (Å²) in [6.45, 7) is 6.84. The molecular formula is C33H35NO3Si. The molecule has 1 aliphatic rings. The molecule has 0 unspecified atom stereocenters. The lowest BCUT2D eigenvalue weighted by atomic mass is 9.87. The van der Waals surface area contributed by atoms with E-state index in [9.17, 15) is 4.79 Å². The smallest absolute Gasteiger partial charge is 0.262 e. The molecule has 0 fully saturated rings. The SMILES string of the molecule is COc1ccc2c(c1)[C@@H](O[Si](c1ccccc1)(c1ccccc1)C(C)(C)C)[C@H](c1ccccc1)N(C)C2=O. The van der Waals surface area contributed by atoms with Gasteiger partial charge in [0.2, 0.25) is 0 Å². The molecule has 1 aliphatic heterocycles. The van der Waals surface area contributed by atoms with Crippen molar-refractivity contribution in [1.29, 1.82) is 0 Å². The van der Waals surface area contributed by atoms with E-state index in [-0.39, 0.29) is 17.0 Å².